The second kappa shape index (κ2) is 12.4. The predicted octanol–water partition coefficient (Wildman–Crippen LogP) is 5.87. The fraction of sp³-hybridized carbons (Fsp3) is 0.714. The lowest BCUT2D eigenvalue weighted by Gasteiger charge is -2.35. The lowest BCUT2D eigenvalue weighted by molar-refractivity contribution is -0.384. The molecule has 1 aromatic carbocycles. The molecule has 1 atom stereocenters. The highest BCUT2D eigenvalue weighted by molar-refractivity contribution is 5.22. The minimum Gasteiger partial charge on any atom is -0.343 e. The molecule has 0 spiro atoms. The van der Waals surface area contributed by atoms with Gasteiger partial charge in [-0.2, -0.15) is 0 Å². The average molecular weight is 408 g/mol. The van der Waals surface area contributed by atoms with Crippen LogP contribution in [0.3, 0.4) is 0 Å². The topological polar surface area (TPSA) is 38.7 Å². The van der Waals surface area contributed by atoms with Crippen molar-refractivity contribution >= 4 is 0 Å². The molecular weight excluding hydrogens is 376 g/mol. The first-order chi connectivity index (χ1) is 13.3. The van der Waals surface area contributed by atoms with Gasteiger partial charge in [0.25, 0.3) is 5.97 Å². The molecule has 3 nitrogen and oxygen atoms in total. The number of unbranched alkanes of at least 4 members (excludes halogenated alkanes) is 5. The lowest BCUT2D eigenvalue weighted by atomic mass is 9.90. The number of ether oxygens (including phenoxy) is 2. The Kier molecular flexibility index (Phi) is 11.0. The average Bonchev–Trinajstić information content (AvgIpc) is 2.66. The maximum atomic E-state index is 14.1. The molecule has 0 fully saturated rings. The van der Waals surface area contributed by atoms with E-state index >= 15 is 0 Å². The molecule has 0 aromatic heterocycles. The monoisotopic (exact) mass is 408 g/mol. The molecule has 0 saturated heterocycles. The van der Waals surface area contributed by atoms with Gasteiger partial charge in [0.2, 0.25) is 0 Å². The molecule has 1 N–H and O–H groups in total. The SMILES string of the molecule is CCCCCCCCC(Cc1cc(F)c(F)c(F)c1F)C(O)(OCC)OCC. The number of rotatable bonds is 14. The van der Waals surface area contributed by atoms with E-state index in [1.165, 1.54) is 0 Å². The normalized spacial score (nSPS) is 13.1. The number of hydrogen-bond donors (Lipinski definition) is 1. The molecule has 7 heteroatoms. The zero-order chi connectivity index (χ0) is 21.2. The van der Waals surface area contributed by atoms with E-state index in [1.807, 2.05) is 0 Å². The second-order valence-electron chi connectivity index (χ2n) is 6.91. The van der Waals surface area contributed by atoms with Crippen molar-refractivity contribution in [1.29, 1.82) is 0 Å². The van der Waals surface area contributed by atoms with Gasteiger partial charge in [-0.15, -0.1) is 0 Å². The smallest absolute Gasteiger partial charge is 0.283 e. The van der Waals surface area contributed by atoms with Crippen LogP contribution in [0.5, 0.6) is 0 Å². The summed E-state index contributed by atoms with van der Waals surface area (Å²) in [4.78, 5) is 0. The van der Waals surface area contributed by atoms with E-state index in [0.29, 0.717) is 18.9 Å². The van der Waals surface area contributed by atoms with E-state index in [1.54, 1.807) is 13.8 Å². The van der Waals surface area contributed by atoms with E-state index in [-0.39, 0.29) is 25.2 Å². The standard InChI is InChI=1S/C21H32F4O3/c1-4-7-8-9-10-11-12-16(21(26,27-5-2)28-6-3)13-15-14-17(22)19(24)20(25)18(15)23/h14,16,26H,4-13H2,1-3H3. The van der Waals surface area contributed by atoms with Crippen molar-refractivity contribution in [3.05, 3.63) is 34.9 Å². The fourth-order valence-electron chi connectivity index (χ4n) is 3.31. The highest BCUT2D eigenvalue weighted by Crippen LogP contribution is 2.32. The molecule has 1 aromatic rings. The van der Waals surface area contributed by atoms with Crippen LogP contribution >= 0.6 is 0 Å². The van der Waals surface area contributed by atoms with Crippen LogP contribution in [0.4, 0.5) is 17.6 Å². The Morgan fingerprint density at radius 3 is 2.00 bits per heavy atom. The Hall–Kier alpha value is -1.18. The van der Waals surface area contributed by atoms with Crippen molar-refractivity contribution in [3.8, 4) is 0 Å². The van der Waals surface area contributed by atoms with Gasteiger partial charge in [-0.3, -0.25) is 0 Å². The summed E-state index contributed by atoms with van der Waals surface area (Å²) >= 11 is 0. The van der Waals surface area contributed by atoms with Gasteiger partial charge in [0, 0.05) is 19.1 Å². The van der Waals surface area contributed by atoms with Gasteiger partial charge in [-0.1, -0.05) is 45.4 Å². The van der Waals surface area contributed by atoms with Crippen molar-refractivity contribution in [3.63, 3.8) is 0 Å². The molecule has 0 bridgehead atoms. The molecule has 0 aliphatic rings. The largest absolute Gasteiger partial charge is 0.343 e. The van der Waals surface area contributed by atoms with Crippen LogP contribution in [0.1, 0.15) is 71.3 Å². The molecule has 0 heterocycles. The first-order valence-electron chi connectivity index (χ1n) is 10.1. The maximum absolute atomic E-state index is 14.1. The second-order valence-corrected chi connectivity index (χ2v) is 6.91. The highest BCUT2D eigenvalue weighted by Gasteiger charge is 2.39. The number of hydrogen-bond acceptors (Lipinski definition) is 3. The van der Waals surface area contributed by atoms with Crippen LogP contribution in [0, 0.1) is 29.2 Å². The first kappa shape index (κ1) is 24.9. The van der Waals surface area contributed by atoms with Crippen LogP contribution < -0.4 is 0 Å². The van der Waals surface area contributed by atoms with Crippen LogP contribution in [0.2, 0.25) is 0 Å². The van der Waals surface area contributed by atoms with Crippen LogP contribution in [-0.4, -0.2) is 24.3 Å². The summed E-state index contributed by atoms with van der Waals surface area (Å²) in [6.07, 6.45) is 6.17. The van der Waals surface area contributed by atoms with E-state index in [2.05, 4.69) is 6.92 Å². The van der Waals surface area contributed by atoms with E-state index in [0.717, 1.165) is 32.1 Å². The van der Waals surface area contributed by atoms with Crippen molar-refractivity contribution < 1.29 is 32.1 Å². The molecule has 0 saturated carbocycles. The molecule has 28 heavy (non-hydrogen) atoms. The Bertz CT molecular complexity index is 590. The third kappa shape index (κ3) is 7.01. The van der Waals surface area contributed by atoms with Crippen LogP contribution in [-0.2, 0) is 15.9 Å². The zero-order valence-electron chi connectivity index (χ0n) is 17.0. The lowest BCUT2D eigenvalue weighted by Crippen LogP contribution is -2.45. The van der Waals surface area contributed by atoms with Crippen molar-refractivity contribution in [2.24, 2.45) is 5.92 Å². The Balaban J connectivity index is 3.00. The number of benzene rings is 1. The Morgan fingerprint density at radius 1 is 0.857 bits per heavy atom. The molecule has 162 valence electrons. The van der Waals surface area contributed by atoms with Gasteiger partial charge in [0.05, 0.1) is 0 Å². The summed E-state index contributed by atoms with van der Waals surface area (Å²) in [6, 6.07) is 0.625. The molecule has 1 unspecified atom stereocenters. The van der Waals surface area contributed by atoms with Crippen molar-refractivity contribution in [2.75, 3.05) is 13.2 Å². The summed E-state index contributed by atoms with van der Waals surface area (Å²) in [5.74, 6) is -9.41. The summed E-state index contributed by atoms with van der Waals surface area (Å²) in [5, 5.41) is 10.8. The van der Waals surface area contributed by atoms with Gasteiger partial charge in [-0.05, 0) is 38.3 Å². The van der Waals surface area contributed by atoms with Crippen LogP contribution in [0.15, 0.2) is 6.07 Å². The summed E-state index contributed by atoms with van der Waals surface area (Å²) in [7, 11) is 0. The highest BCUT2D eigenvalue weighted by atomic mass is 19.2. The zero-order valence-corrected chi connectivity index (χ0v) is 17.0. The van der Waals surface area contributed by atoms with Gasteiger partial charge in [0.1, 0.15) is 0 Å². The van der Waals surface area contributed by atoms with Crippen molar-refractivity contribution in [2.45, 2.75) is 78.1 Å². The van der Waals surface area contributed by atoms with Gasteiger partial charge in [0.15, 0.2) is 23.3 Å². The van der Waals surface area contributed by atoms with Crippen LogP contribution in [0.25, 0.3) is 0 Å². The molecule has 0 amide bonds. The van der Waals surface area contributed by atoms with E-state index in [4.69, 9.17) is 9.47 Å². The van der Waals surface area contributed by atoms with Gasteiger partial charge >= 0.3 is 0 Å². The number of halogens is 4. The summed E-state index contributed by atoms with van der Waals surface area (Å²) in [5.41, 5.74) is -0.356. The van der Waals surface area contributed by atoms with Crippen molar-refractivity contribution in [1.82, 2.24) is 0 Å². The van der Waals surface area contributed by atoms with Gasteiger partial charge in [-0.25, -0.2) is 17.6 Å². The molecule has 1 rings (SSSR count). The van der Waals surface area contributed by atoms with Gasteiger partial charge < -0.3 is 14.6 Å². The Labute approximate surface area is 165 Å². The molecule has 0 aliphatic heterocycles. The summed E-state index contributed by atoms with van der Waals surface area (Å²) in [6.45, 7) is 5.74. The summed E-state index contributed by atoms with van der Waals surface area (Å²) < 4.78 is 65.3. The Morgan fingerprint density at radius 2 is 1.43 bits per heavy atom. The fourth-order valence-corrected chi connectivity index (χ4v) is 3.31. The molecule has 0 aliphatic carbocycles. The molecule has 0 radical (unpaired) electrons. The predicted molar refractivity (Wildman–Crippen MR) is 99.7 cm³/mol. The first-order valence-corrected chi connectivity index (χ1v) is 10.1. The maximum Gasteiger partial charge on any atom is 0.283 e. The third-order valence-corrected chi connectivity index (χ3v) is 4.77. The third-order valence-electron chi connectivity index (χ3n) is 4.77. The number of aliphatic hydroxyl groups is 1. The minimum absolute atomic E-state index is 0.137. The van der Waals surface area contributed by atoms with E-state index in [9.17, 15) is 22.7 Å². The minimum atomic E-state index is -2.01. The quantitative estimate of drug-likeness (QED) is 0.138. The van der Waals surface area contributed by atoms with E-state index < -0.39 is 35.2 Å². The molecular formula is C21H32F4O3.